The summed E-state index contributed by atoms with van der Waals surface area (Å²) in [4.78, 5) is 21.9. The number of ketones is 1. The van der Waals surface area contributed by atoms with E-state index in [-0.39, 0.29) is 12.2 Å². The van der Waals surface area contributed by atoms with Gasteiger partial charge in [-0.25, -0.2) is 0 Å². The van der Waals surface area contributed by atoms with Crippen LogP contribution in [0.4, 0.5) is 0 Å². The van der Waals surface area contributed by atoms with Gasteiger partial charge in [-0.2, -0.15) is 0 Å². The molecule has 0 radical (unpaired) electrons. The van der Waals surface area contributed by atoms with Gasteiger partial charge in [0, 0.05) is 18.8 Å². The molecule has 0 amide bonds. The molecule has 0 aromatic rings. The van der Waals surface area contributed by atoms with Gasteiger partial charge in [-0.05, 0) is 38.5 Å². The molecule has 4 nitrogen and oxygen atoms in total. The molecule has 136 valence electrons. The van der Waals surface area contributed by atoms with E-state index in [0.717, 1.165) is 6.42 Å². The number of rotatable bonds is 15. The Bertz CT molecular complexity index is 421. The van der Waals surface area contributed by atoms with Crippen molar-refractivity contribution in [1.82, 2.24) is 0 Å². The first kappa shape index (κ1) is 22.3. The Balaban J connectivity index is 3.67. The molecule has 0 aliphatic carbocycles. The van der Waals surface area contributed by atoms with E-state index in [2.05, 4.69) is 13.0 Å². The molecule has 0 bridgehead atoms. The fourth-order valence-electron chi connectivity index (χ4n) is 2.11. The van der Waals surface area contributed by atoms with Crippen molar-refractivity contribution in [1.29, 1.82) is 0 Å². The summed E-state index contributed by atoms with van der Waals surface area (Å²) in [6, 6.07) is 0. The van der Waals surface area contributed by atoms with Crippen molar-refractivity contribution in [3.8, 4) is 0 Å². The second-order valence-corrected chi connectivity index (χ2v) is 5.89. The number of hydrogen-bond acceptors (Lipinski definition) is 4. The van der Waals surface area contributed by atoms with Crippen LogP contribution in [0, 0.1) is 0 Å². The molecular formula is C20H31O4-. The van der Waals surface area contributed by atoms with Gasteiger partial charge < -0.3 is 15.0 Å². The minimum absolute atomic E-state index is 0.0318. The number of carbonyl (C=O) groups excluding carboxylic acids is 2. The summed E-state index contributed by atoms with van der Waals surface area (Å²) in [6.07, 6.45) is 17.6. The van der Waals surface area contributed by atoms with Crippen molar-refractivity contribution in [3.63, 3.8) is 0 Å². The van der Waals surface area contributed by atoms with E-state index >= 15 is 0 Å². The number of allylic oxidation sites excluding steroid dienone is 5. The first-order valence-corrected chi connectivity index (χ1v) is 8.94. The van der Waals surface area contributed by atoms with Crippen molar-refractivity contribution in [2.24, 2.45) is 0 Å². The van der Waals surface area contributed by atoms with Gasteiger partial charge >= 0.3 is 0 Å². The number of aliphatic hydroxyl groups is 1. The number of unbranched alkanes of at least 4 members (excludes halogenated alkanes) is 3. The number of aliphatic hydroxyl groups excluding tert-OH is 1. The lowest BCUT2D eigenvalue weighted by Crippen LogP contribution is -2.22. The molecule has 0 aliphatic rings. The highest BCUT2D eigenvalue weighted by molar-refractivity contribution is 5.79. The van der Waals surface area contributed by atoms with Gasteiger partial charge in [0.05, 0.1) is 6.10 Å². The van der Waals surface area contributed by atoms with Crippen LogP contribution >= 0.6 is 0 Å². The smallest absolute Gasteiger partial charge is 0.136 e. The van der Waals surface area contributed by atoms with Crippen LogP contribution in [0.15, 0.2) is 36.5 Å². The standard InChI is InChI=1S/C20H32O4/c1-2-3-4-5-6-9-13-18(21)14-10-7-8-11-15-19(22)16-12-17-20(23)24/h6-9,11,15,19,22H,2-5,10,12-14,16-17H2,1H3,(H,23,24)/p-1/b8-7+,9-6-,15-11-/t19-/m1/s1. The maximum atomic E-state index is 11.6. The molecule has 0 aromatic carbocycles. The Morgan fingerprint density at radius 2 is 1.79 bits per heavy atom. The van der Waals surface area contributed by atoms with Gasteiger partial charge in [0.1, 0.15) is 5.78 Å². The Morgan fingerprint density at radius 3 is 2.50 bits per heavy atom. The lowest BCUT2D eigenvalue weighted by Gasteiger charge is -2.05. The molecule has 0 saturated carbocycles. The van der Waals surface area contributed by atoms with E-state index in [9.17, 15) is 19.8 Å². The molecule has 4 heteroatoms. The highest BCUT2D eigenvalue weighted by Gasteiger charge is 1.98. The second kappa shape index (κ2) is 16.2. The number of carbonyl (C=O) groups is 2. The first-order chi connectivity index (χ1) is 11.6. The zero-order chi connectivity index (χ0) is 18.0. The number of Topliss-reactive ketones (excluding diaryl/α,β-unsaturated/α-hetero) is 1. The van der Waals surface area contributed by atoms with Gasteiger partial charge in [-0.15, -0.1) is 0 Å². The third-order valence-electron chi connectivity index (χ3n) is 3.54. The number of hydrogen-bond donors (Lipinski definition) is 1. The summed E-state index contributed by atoms with van der Waals surface area (Å²) in [5, 5.41) is 19.8. The van der Waals surface area contributed by atoms with E-state index in [4.69, 9.17) is 0 Å². The third-order valence-corrected chi connectivity index (χ3v) is 3.54. The molecule has 0 spiro atoms. The van der Waals surface area contributed by atoms with Crippen LogP contribution in [0.5, 0.6) is 0 Å². The fourth-order valence-corrected chi connectivity index (χ4v) is 2.11. The van der Waals surface area contributed by atoms with E-state index in [1.165, 1.54) is 19.3 Å². The van der Waals surface area contributed by atoms with Gasteiger partial charge in [0.25, 0.3) is 0 Å². The van der Waals surface area contributed by atoms with Crippen molar-refractivity contribution >= 4 is 11.8 Å². The summed E-state index contributed by atoms with van der Waals surface area (Å²) in [7, 11) is 0. The maximum Gasteiger partial charge on any atom is 0.136 e. The van der Waals surface area contributed by atoms with Crippen molar-refractivity contribution in [2.75, 3.05) is 0 Å². The topological polar surface area (TPSA) is 77.4 Å². The van der Waals surface area contributed by atoms with Crippen LogP contribution in [0.25, 0.3) is 0 Å². The molecule has 1 atom stereocenters. The summed E-state index contributed by atoms with van der Waals surface area (Å²) >= 11 is 0. The zero-order valence-corrected chi connectivity index (χ0v) is 14.8. The van der Waals surface area contributed by atoms with Crippen LogP contribution in [0.1, 0.15) is 71.1 Å². The summed E-state index contributed by atoms with van der Waals surface area (Å²) < 4.78 is 0. The minimum atomic E-state index is -1.09. The molecule has 0 heterocycles. The van der Waals surface area contributed by atoms with Crippen molar-refractivity contribution < 1.29 is 19.8 Å². The first-order valence-electron chi connectivity index (χ1n) is 8.94. The number of carboxylic acid groups (broad SMARTS) is 1. The van der Waals surface area contributed by atoms with Crippen LogP contribution in [0.3, 0.4) is 0 Å². The van der Waals surface area contributed by atoms with Gasteiger partial charge in [0.2, 0.25) is 0 Å². The van der Waals surface area contributed by atoms with E-state index in [1.807, 2.05) is 12.2 Å². The quantitative estimate of drug-likeness (QED) is 0.283. The molecular weight excluding hydrogens is 304 g/mol. The molecule has 0 rings (SSSR count). The zero-order valence-electron chi connectivity index (χ0n) is 14.8. The minimum Gasteiger partial charge on any atom is -0.550 e. The molecule has 1 N–H and O–H groups in total. The molecule has 0 aliphatic heterocycles. The highest BCUT2D eigenvalue weighted by atomic mass is 16.4. The van der Waals surface area contributed by atoms with E-state index in [0.29, 0.717) is 32.1 Å². The Kier molecular flexibility index (Phi) is 15.1. The number of carboxylic acids is 1. The monoisotopic (exact) mass is 335 g/mol. The predicted octanol–water partition coefficient (Wildman–Crippen LogP) is 3.26. The van der Waals surface area contributed by atoms with Crippen LogP contribution in [-0.4, -0.2) is 23.0 Å². The summed E-state index contributed by atoms with van der Waals surface area (Å²) in [5.74, 6) is -0.857. The van der Waals surface area contributed by atoms with Crippen molar-refractivity contribution in [2.45, 2.75) is 77.2 Å². The highest BCUT2D eigenvalue weighted by Crippen LogP contribution is 2.04. The molecule has 0 fully saturated rings. The van der Waals surface area contributed by atoms with Gasteiger partial charge in [-0.3, -0.25) is 4.79 Å². The fraction of sp³-hybridized carbons (Fsp3) is 0.600. The van der Waals surface area contributed by atoms with Crippen LogP contribution in [-0.2, 0) is 9.59 Å². The van der Waals surface area contributed by atoms with Crippen molar-refractivity contribution in [3.05, 3.63) is 36.5 Å². The van der Waals surface area contributed by atoms with E-state index in [1.54, 1.807) is 18.2 Å². The largest absolute Gasteiger partial charge is 0.550 e. The van der Waals surface area contributed by atoms with Crippen LogP contribution in [0.2, 0.25) is 0 Å². The van der Waals surface area contributed by atoms with Gasteiger partial charge in [0.15, 0.2) is 0 Å². The Labute approximate surface area is 146 Å². The summed E-state index contributed by atoms with van der Waals surface area (Å²) in [6.45, 7) is 2.17. The Morgan fingerprint density at radius 1 is 1.00 bits per heavy atom. The average molecular weight is 335 g/mol. The van der Waals surface area contributed by atoms with Crippen LogP contribution < -0.4 is 5.11 Å². The predicted molar refractivity (Wildman–Crippen MR) is 95.3 cm³/mol. The maximum absolute atomic E-state index is 11.6. The average Bonchev–Trinajstić information content (AvgIpc) is 2.53. The van der Waals surface area contributed by atoms with Gasteiger partial charge in [-0.1, -0.05) is 56.2 Å². The summed E-state index contributed by atoms with van der Waals surface area (Å²) in [5.41, 5.74) is 0. The lowest BCUT2D eigenvalue weighted by atomic mass is 10.1. The van der Waals surface area contributed by atoms with E-state index < -0.39 is 12.1 Å². The lowest BCUT2D eigenvalue weighted by molar-refractivity contribution is -0.305. The normalized spacial score (nSPS) is 13.2. The SMILES string of the molecule is CCCCC/C=C\CC(=O)CC/C=C/C=C\[C@@H](O)CCCC(=O)[O-]. The second-order valence-electron chi connectivity index (χ2n) is 5.89. The molecule has 24 heavy (non-hydrogen) atoms. The Hall–Kier alpha value is -1.68. The number of aliphatic carboxylic acids is 1. The molecule has 0 unspecified atom stereocenters. The molecule has 0 saturated heterocycles. The molecule has 0 aromatic heterocycles. The third kappa shape index (κ3) is 16.7.